The van der Waals surface area contributed by atoms with E-state index in [0.717, 1.165) is 37.4 Å². The van der Waals surface area contributed by atoms with Crippen LogP contribution in [-0.4, -0.2) is 43.8 Å². The Hall–Kier alpha value is -0.920. The van der Waals surface area contributed by atoms with Gasteiger partial charge in [-0.2, -0.15) is 4.31 Å². The summed E-state index contributed by atoms with van der Waals surface area (Å²) in [6.07, 6.45) is 0.838. The summed E-state index contributed by atoms with van der Waals surface area (Å²) in [5.41, 5.74) is 1.26. The van der Waals surface area contributed by atoms with E-state index in [1.165, 1.54) is 5.56 Å². The minimum Gasteiger partial charge on any atom is -0.298 e. The molecule has 0 N–H and O–H groups in total. The number of hydrogen-bond acceptors (Lipinski definition) is 4. The Morgan fingerprint density at radius 3 is 2.48 bits per heavy atom. The van der Waals surface area contributed by atoms with Gasteiger partial charge in [-0.25, -0.2) is 8.42 Å². The number of rotatable bonds is 4. The molecule has 0 radical (unpaired) electrons. The Balaban J connectivity index is 1.66. The van der Waals surface area contributed by atoms with Crippen molar-refractivity contribution in [2.75, 3.05) is 26.2 Å². The van der Waals surface area contributed by atoms with Crippen LogP contribution in [0.4, 0.5) is 0 Å². The van der Waals surface area contributed by atoms with Crippen molar-refractivity contribution in [2.24, 2.45) is 0 Å². The Labute approximate surface area is 146 Å². The maximum atomic E-state index is 12.7. The van der Waals surface area contributed by atoms with Crippen LogP contribution in [0.2, 0.25) is 4.34 Å². The van der Waals surface area contributed by atoms with Gasteiger partial charge in [-0.1, -0.05) is 41.9 Å². The quantitative estimate of drug-likeness (QED) is 0.829. The predicted molar refractivity (Wildman–Crippen MR) is 94.4 cm³/mol. The summed E-state index contributed by atoms with van der Waals surface area (Å²) in [4.78, 5) is 2.31. The van der Waals surface area contributed by atoms with Gasteiger partial charge in [0.25, 0.3) is 10.0 Å². The first-order chi connectivity index (χ1) is 11.1. The van der Waals surface area contributed by atoms with Gasteiger partial charge >= 0.3 is 0 Å². The van der Waals surface area contributed by atoms with Crippen molar-refractivity contribution in [2.45, 2.75) is 17.2 Å². The first-order valence-corrected chi connectivity index (χ1v) is 10.2. The maximum Gasteiger partial charge on any atom is 0.252 e. The largest absolute Gasteiger partial charge is 0.298 e. The highest BCUT2D eigenvalue weighted by molar-refractivity contribution is 7.91. The SMILES string of the molecule is O=S(=O)(c1ccc(Cl)s1)N1CCCN(Cc2ccccc2)CC1. The fourth-order valence-electron chi connectivity index (χ4n) is 2.75. The van der Waals surface area contributed by atoms with E-state index in [9.17, 15) is 8.42 Å². The molecular weight excluding hydrogens is 352 g/mol. The van der Waals surface area contributed by atoms with E-state index in [1.54, 1.807) is 16.4 Å². The number of hydrogen-bond donors (Lipinski definition) is 0. The lowest BCUT2D eigenvalue weighted by atomic mass is 10.2. The summed E-state index contributed by atoms with van der Waals surface area (Å²) in [5, 5.41) is 0. The fourth-order valence-corrected chi connectivity index (χ4v) is 5.86. The van der Waals surface area contributed by atoms with Gasteiger partial charge in [0.2, 0.25) is 0 Å². The molecule has 1 aliphatic rings. The zero-order chi connectivity index (χ0) is 16.3. The van der Waals surface area contributed by atoms with Crippen LogP contribution in [0.25, 0.3) is 0 Å². The lowest BCUT2D eigenvalue weighted by Gasteiger charge is -2.21. The van der Waals surface area contributed by atoms with Gasteiger partial charge in [0, 0.05) is 26.2 Å². The van der Waals surface area contributed by atoms with Crippen molar-refractivity contribution in [3.63, 3.8) is 0 Å². The van der Waals surface area contributed by atoms with Crippen molar-refractivity contribution in [3.05, 3.63) is 52.4 Å². The molecule has 0 unspecified atom stereocenters. The first-order valence-electron chi connectivity index (χ1n) is 7.57. The van der Waals surface area contributed by atoms with E-state index in [1.807, 2.05) is 18.2 Å². The monoisotopic (exact) mass is 370 g/mol. The summed E-state index contributed by atoms with van der Waals surface area (Å²) in [7, 11) is -3.42. The maximum absolute atomic E-state index is 12.7. The minimum atomic E-state index is -3.42. The molecule has 1 aliphatic heterocycles. The predicted octanol–water partition coefficient (Wildman–Crippen LogP) is 3.30. The minimum absolute atomic E-state index is 0.332. The van der Waals surface area contributed by atoms with Crippen LogP contribution in [0.3, 0.4) is 0 Å². The molecular formula is C16H19ClN2O2S2. The summed E-state index contributed by atoms with van der Waals surface area (Å²) in [5.74, 6) is 0. The molecule has 23 heavy (non-hydrogen) atoms. The molecule has 124 valence electrons. The van der Waals surface area contributed by atoms with Crippen LogP contribution in [0.1, 0.15) is 12.0 Å². The number of sulfonamides is 1. The van der Waals surface area contributed by atoms with Crippen LogP contribution < -0.4 is 0 Å². The third kappa shape index (κ3) is 4.14. The van der Waals surface area contributed by atoms with Gasteiger partial charge in [-0.05, 0) is 30.7 Å². The molecule has 0 bridgehead atoms. The third-order valence-electron chi connectivity index (χ3n) is 3.94. The highest BCUT2D eigenvalue weighted by atomic mass is 35.5. The van der Waals surface area contributed by atoms with Gasteiger partial charge in [0.05, 0.1) is 4.34 Å². The molecule has 1 saturated heterocycles. The molecule has 7 heteroatoms. The number of halogens is 1. The van der Waals surface area contributed by atoms with Crippen molar-refractivity contribution < 1.29 is 8.42 Å². The number of nitrogens with zero attached hydrogens (tertiary/aromatic N) is 2. The second-order valence-electron chi connectivity index (χ2n) is 5.58. The summed E-state index contributed by atoms with van der Waals surface area (Å²) >= 11 is 7.00. The van der Waals surface area contributed by atoms with Crippen LogP contribution in [0.5, 0.6) is 0 Å². The molecule has 1 aromatic carbocycles. The Morgan fingerprint density at radius 2 is 1.78 bits per heavy atom. The van der Waals surface area contributed by atoms with Gasteiger partial charge in [-0.3, -0.25) is 4.90 Å². The van der Waals surface area contributed by atoms with Gasteiger partial charge in [0.15, 0.2) is 0 Å². The molecule has 2 heterocycles. The zero-order valence-corrected chi connectivity index (χ0v) is 15.1. The molecule has 0 atom stereocenters. The van der Waals surface area contributed by atoms with E-state index in [2.05, 4.69) is 17.0 Å². The van der Waals surface area contributed by atoms with Gasteiger partial charge in [-0.15, -0.1) is 11.3 Å². The van der Waals surface area contributed by atoms with Crippen LogP contribution in [0, 0.1) is 0 Å². The molecule has 0 amide bonds. The van der Waals surface area contributed by atoms with E-state index in [-0.39, 0.29) is 0 Å². The molecule has 4 nitrogen and oxygen atoms in total. The molecule has 2 aromatic rings. The van der Waals surface area contributed by atoms with Crippen molar-refractivity contribution in [1.82, 2.24) is 9.21 Å². The first kappa shape index (κ1) is 16.9. The second-order valence-corrected chi connectivity index (χ2v) is 9.46. The standard InChI is InChI=1S/C16H19ClN2O2S2/c17-15-7-8-16(22-15)23(20,21)19-10-4-9-18(11-12-19)13-14-5-2-1-3-6-14/h1-3,5-8H,4,9-13H2. The molecule has 3 rings (SSSR count). The Bertz CT molecular complexity index is 746. The van der Waals surface area contributed by atoms with Crippen LogP contribution in [-0.2, 0) is 16.6 Å². The molecule has 0 saturated carbocycles. The van der Waals surface area contributed by atoms with E-state index < -0.39 is 10.0 Å². The lowest BCUT2D eigenvalue weighted by Crippen LogP contribution is -2.34. The van der Waals surface area contributed by atoms with E-state index >= 15 is 0 Å². The van der Waals surface area contributed by atoms with E-state index in [0.29, 0.717) is 21.6 Å². The average Bonchev–Trinajstić information content (AvgIpc) is 2.84. The topological polar surface area (TPSA) is 40.6 Å². The van der Waals surface area contributed by atoms with Crippen molar-refractivity contribution in [1.29, 1.82) is 0 Å². The van der Waals surface area contributed by atoms with Crippen molar-refractivity contribution >= 4 is 33.0 Å². The summed E-state index contributed by atoms with van der Waals surface area (Å²) in [6.45, 7) is 3.59. The summed E-state index contributed by atoms with van der Waals surface area (Å²) in [6, 6.07) is 13.5. The Kier molecular flexibility index (Phi) is 5.38. The number of benzene rings is 1. The normalized spacial score (nSPS) is 18.0. The molecule has 1 aromatic heterocycles. The van der Waals surface area contributed by atoms with Gasteiger partial charge in [0.1, 0.15) is 4.21 Å². The van der Waals surface area contributed by atoms with E-state index in [4.69, 9.17) is 11.6 Å². The number of thiophene rings is 1. The molecule has 1 fully saturated rings. The van der Waals surface area contributed by atoms with Crippen LogP contribution >= 0.6 is 22.9 Å². The zero-order valence-electron chi connectivity index (χ0n) is 12.7. The van der Waals surface area contributed by atoms with Gasteiger partial charge < -0.3 is 0 Å². The third-order valence-corrected chi connectivity index (χ3v) is 7.54. The summed E-state index contributed by atoms with van der Waals surface area (Å²) < 4.78 is 27.8. The smallest absolute Gasteiger partial charge is 0.252 e. The second kappa shape index (κ2) is 7.32. The Morgan fingerprint density at radius 1 is 1.00 bits per heavy atom. The molecule has 0 aliphatic carbocycles. The fraction of sp³-hybridized carbons (Fsp3) is 0.375. The highest BCUT2D eigenvalue weighted by Gasteiger charge is 2.28. The molecule has 0 spiro atoms. The van der Waals surface area contributed by atoms with Crippen LogP contribution in [0.15, 0.2) is 46.7 Å². The van der Waals surface area contributed by atoms with Crippen molar-refractivity contribution in [3.8, 4) is 0 Å². The lowest BCUT2D eigenvalue weighted by molar-refractivity contribution is 0.278. The average molecular weight is 371 g/mol. The highest BCUT2D eigenvalue weighted by Crippen LogP contribution is 2.28.